The highest BCUT2D eigenvalue weighted by molar-refractivity contribution is 8.15. The summed E-state index contributed by atoms with van der Waals surface area (Å²) in [6, 6.07) is 9.96. The van der Waals surface area contributed by atoms with Gasteiger partial charge in [0.2, 0.25) is 5.75 Å². The molecule has 0 bridgehead atoms. The van der Waals surface area contributed by atoms with Crippen LogP contribution in [0.1, 0.15) is 5.56 Å². The van der Waals surface area contributed by atoms with Crippen molar-refractivity contribution in [2.24, 2.45) is 9.98 Å². The van der Waals surface area contributed by atoms with Gasteiger partial charge in [0.15, 0.2) is 16.9 Å². The Morgan fingerprint density at radius 2 is 2.07 bits per heavy atom. The molecule has 0 saturated carbocycles. The number of fused-ring (bicyclic) bond motifs is 1. The second-order valence-corrected chi connectivity index (χ2v) is 6.63. The Morgan fingerprint density at radius 3 is 2.81 bits per heavy atom. The molecule has 10 heteroatoms. The highest BCUT2D eigenvalue weighted by Gasteiger charge is 2.32. The van der Waals surface area contributed by atoms with Crippen LogP contribution in [0.3, 0.4) is 0 Å². The summed E-state index contributed by atoms with van der Waals surface area (Å²) in [5.74, 6) is -0.808. The van der Waals surface area contributed by atoms with E-state index in [0.717, 1.165) is 5.06 Å². The Labute approximate surface area is 156 Å². The van der Waals surface area contributed by atoms with Crippen LogP contribution in [0.4, 0.5) is 10.1 Å². The van der Waals surface area contributed by atoms with E-state index in [2.05, 4.69) is 9.98 Å². The Kier molecular flexibility index (Phi) is 4.34. The number of nitrogens with zero attached hydrogens (tertiary/aromatic N) is 4. The maximum Gasteiger partial charge on any atom is 0.312 e. The Morgan fingerprint density at radius 1 is 1.26 bits per heavy atom. The van der Waals surface area contributed by atoms with Gasteiger partial charge in [-0.15, -0.1) is 0 Å². The SMILES string of the molecule is O=[N+]([O-])c1cc(C2=NC3=CN=CN(O)C3S2)ccc1Oc1ccccc1F. The minimum atomic E-state index is -0.620. The molecule has 2 aromatic rings. The molecular weight excluding hydrogens is 375 g/mol. The topological polar surface area (TPSA) is 101 Å². The summed E-state index contributed by atoms with van der Waals surface area (Å²) >= 11 is 1.23. The van der Waals surface area contributed by atoms with Crippen molar-refractivity contribution in [1.82, 2.24) is 5.06 Å². The standard InChI is InChI=1S/C17H11FN4O4S/c18-11-3-1-2-4-14(11)26-15-6-5-10(7-13(15)22(24)25)16-20-12-8-19-9-21(23)17(12)27-16/h1-9,17,23H. The molecule has 4 rings (SSSR count). The van der Waals surface area contributed by atoms with E-state index >= 15 is 0 Å². The monoisotopic (exact) mass is 386 g/mol. The van der Waals surface area contributed by atoms with Crippen molar-refractivity contribution >= 4 is 28.8 Å². The van der Waals surface area contributed by atoms with Crippen molar-refractivity contribution in [1.29, 1.82) is 0 Å². The molecule has 1 N–H and O–H groups in total. The summed E-state index contributed by atoms with van der Waals surface area (Å²) in [6.07, 6.45) is 2.77. The quantitative estimate of drug-likeness (QED) is 0.631. The molecule has 2 heterocycles. The molecule has 0 radical (unpaired) electrons. The lowest BCUT2D eigenvalue weighted by atomic mass is 10.2. The van der Waals surface area contributed by atoms with Crippen molar-refractivity contribution in [2.45, 2.75) is 5.37 Å². The number of nitro benzene ring substituents is 1. The summed E-state index contributed by atoms with van der Waals surface area (Å²) < 4.78 is 19.2. The fraction of sp³-hybridized carbons (Fsp3) is 0.0588. The third kappa shape index (κ3) is 3.27. The third-order valence-electron chi connectivity index (χ3n) is 3.80. The number of hydroxylamine groups is 2. The van der Waals surface area contributed by atoms with Crippen LogP contribution in [-0.2, 0) is 0 Å². The van der Waals surface area contributed by atoms with E-state index in [9.17, 15) is 19.7 Å². The van der Waals surface area contributed by atoms with Gasteiger partial charge in [0.05, 0.1) is 16.8 Å². The fourth-order valence-electron chi connectivity index (χ4n) is 2.54. The molecule has 1 unspecified atom stereocenters. The minimum Gasteiger partial charge on any atom is -0.447 e. The van der Waals surface area contributed by atoms with Crippen molar-refractivity contribution in [2.75, 3.05) is 0 Å². The second kappa shape index (κ2) is 6.82. The van der Waals surface area contributed by atoms with E-state index in [1.165, 1.54) is 54.6 Å². The van der Waals surface area contributed by atoms with E-state index < -0.39 is 16.1 Å². The van der Waals surface area contributed by atoms with Gasteiger partial charge in [-0.05, 0) is 24.3 Å². The first-order valence-electron chi connectivity index (χ1n) is 7.70. The van der Waals surface area contributed by atoms with Gasteiger partial charge < -0.3 is 4.74 Å². The van der Waals surface area contributed by atoms with Gasteiger partial charge in [-0.25, -0.2) is 19.4 Å². The highest BCUT2D eigenvalue weighted by Crippen LogP contribution is 2.39. The van der Waals surface area contributed by atoms with Gasteiger partial charge in [0, 0.05) is 11.6 Å². The van der Waals surface area contributed by atoms with Crippen molar-refractivity contribution in [3.8, 4) is 11.5 Å². The Bertz CT molecular complexity index is 1020. The number of nitro groups is 1. The first-order chi connectivity index (χ1) is 13.0. The zero-order valence-electron chi connectivity index (χ0n) is 13.5. The number of thioether (sulfide) groups is 1. The van der Waals surface area contributed by atoms with E-state index in [0.29, 0.717) is 16.3 Å². The first-order valence-corrected chi connectivity index (χ1v) is 8.58. The summed E-state index contributed by atoms with van der Waals surface area (Å²) in [5.41, 5.74) is 0.700. The number of halogens is 1. The molecular formula is C17H11FN4O4S. The molecule has 2 aromatic carbocycles. The largest absolute Gasteiger partial charge is 0.447 e. The zero-order valence-corrected chi connectivity index (χ0v) is 14.3. The number of rotatable bonds is 4. The van der Waals surface area contributed by atoms with Gasteiger partial charge in [-0.3, -0.25) is 15.3 Å². The summed E-state index contributed by atoms with van der Waals surface area (Å²) in [7, 11) is 0. The number of hydrogen-bond donors (Lipinski definition) is 1. The average molecular weight is 386 g/mol. The maximum atomic E-state index is 13.8. The number of benzene rings is 2. The Hall–Kier alpha value is -3.24. The molecule has 0 amide bonds. The predicted molar refractivity (Wildman–Crippen MR) is 97.7 cm³/mol. The van der Waals surface area contributed by atoms with Gasteiger partial charge in [-0.2, -0.15) is 0 Å². The second-order valence-electron chi connectivity index (χ2n) is 5.56. The maximum absolute atomic E-state index is 13.8. The first kappa shape index (κ1) is 17.2. The molecule has 2 aliphatic heterocycles. The van der Waals surface area contributed by atoms with Crippen LogP contribution in [0.2, 0.25) is 0 Å². The number of hydrogen-bond acceptors (Lipinski definition) is 8. The molecule has 0 spiro atoms. The van der Waals surface area contributed by atoms with Crippen LogP contribution in [0.25, 0.3) is 0 Å². The molecule has 2 aliphatic rings. The third-order valence-corrected chi connectivity index (χ3v) is 5.03. The molecule has 27 heavy (non-hydrogen) atoms. The van der Waals surface area contributed by atoms with Crippen molar-refractivity contribution in [3.63, 3.8) is 0 Å². The summed E-state index contributed by atoms with van der Waals surface area (Å²) in [6.45, 7) is 0. The van der Waals surface area contributed by atoms with Crippen LogP contribution in [0, 0.1) is 15.9 Å². The van der Waals surface area contributed by atoms with Crippen molar-refractivity contribution < 1.29 is 19.3 Å². The molecule has 0 fully saturated rings. The zero-order chi connectivity index (χ0) is 19.0. The average Bonchev–Trinajstić information content (AvgIpc) is 3.09. The highest BCUT2D eigenvalue weighted by atomic mass is 32.2. The fourth-order valence-corrected chi connectivity index (χ4v) is 3.57. The van der Waals surface area contributed by atoms with Crippen LogP contribution in [0.15, 0.2) is 64.3 Å². The lowest BCUT2D eigenvalue weighted by molar-refractivity contribution is -0.385. The number of aliphatic imine (C=N–C) groups is 2. The molecule has 136 valence electrons. The van der Waals surface area contributed by atoms with E-state index in [4.69, 9.17) is 4.74 Å². The lowest BCUT2D eigenvalue weighted by Crippen LogP contribution is -2.29. The lowest BCUT2D eigenvalue weighted by Gasteiger charge is -2.20. The van der Waals surface area contributed by atoms with E-state index in [1.54, 1.807) is 12.1 Å². The molecule has 0 aliphatic carbocycles. The molecule has 8 nitrogen and oxygen atoms in total. The van der Waals surface area contributed by atoms with Crippen LogP contribution in [0.5, 0.6) is 11.5 Å². The van der Waals surface area contributed by atoms with Crippen molar-refractivity contribution in [3.05, 3.63) is 75.9 Å². The van der Waals surface area contributed by atoms with Gasteiger partial charge >= 0.3 is 5.69 Å². The smallest absolute Gasteiger partial charge is 0.312 e. The molecule has 0 aromatic heterocycles. The normalized spacial score (nSPS) is 18.0. The number of para-hydroxylation sites is 1. The summed E-state index contributed by atoms with van der Waals surface area (Å²) in [5, 5.41) is 22.2. The molecule has 1 atom stereocenters. The Balaban J connectivity index is 1.67. The predicted octanol–water partition coefficient (Wildman–Crippen LogP) is 3.92. The van der Waals surface area contributed by atoms with E-state index in [1.807, 2.05) is 0 Å². The molecule has 0 saturated heterocycles. The number of ether oxygens (including phenoxy) is 1. The summed E-state index contributed by atoms with van der Waals surface area (Å²) in [4.78, 5) is 19.1. The van der Waals surface area contributed by atoms with Gasteiger partial charge in [0.1, 0.15) is 11.4 Å². The van der Waals surface area contributed by atoms with Gasteiger partial charge in [-0.1, -0.05) is 23.9 Å². The van der Waals surface area contributed by atoms with E-state index in [-0.39, 0.29) is 17.2 Å². The van der Waals surface area contributed by atoms with Gasteiger partial charge in [0.25, 0.3) is 0 Å². The van der Waals surface area contributed by atoms with Crippen LogP contribution < -0.4 is 4.74 Å². The van der Waals surface area contributed by atoms with Crippen LogP contribution >= 0.6 is 11.8 Å². The minimum absolute atomic E-state index is 0.0822. The van der Waals surface area contributed by atoms with Crippen LogP contribution in [-0.4, -0.2) is 31.9 Å².